The molecule has 3 rings (SSSR count). The zero-order valence-electron chi connectivity index (χ0n) is 17.7. The second-order valence-corrected chi connectivity index (χ2v) is 9.18. The summed E-state index contributed by atoms with van der Waals surface area (Å²) < 4.78 is 27.8. The number of sulfonamides is 1. The molecule has 1 N–H and O–H groups in total. The van der Waals surface area contributed by atoms with Gasteiger partial charge < -0.3 is 0 Å². The van der Waals surface area contributed by atoms with Crippen LogP contribution >= 0.6 is 0 Å². The minimum Gasteiger partial charge on any atom is -0.271 e. The van der Waals surface area contributed by atoms with Crippen LogP contribution in [-0.2, 0) is 14.8 Å². The van der Waals surface area contributed by atoms with Gasteiger partial charge in [-0.3, -0.25) is 9.10 Å². The van der Waals surface area contributed by atoms with Gasteiger partial charge in [-0.05, 0) is 50.1 Å². The van der Waals surface area contributed by atoms with Crippen LogP contribution < -0.4 is 9.73 Å². The summed E-state index contributed by atoms with van der Waals surface area (Å²) in [5, 5.41) is 3.97. The third-order valence-corrected chi connectivity index (χ3v) is 6.46. The summed E-state index contributed by atoms with van der Waals surface area (Å²) in [6, 6.07) is 21.2. The van der Waals surface area contributed by atoms with Crippen molar-refractivity contribution in [2.24, 2.45) is 5.10 Å². The quantitative estimate of drug-likeness (QED) is 0.451. The second-order valence-electron chi connectivity index (χ2n) is 7.32. The van der Waals surface area contributed by atoms with E-state index in [4.69, 9.17) is 0 Å². The molecule has 0 aliphatic heterocycles. The van der Waals surface area contributed by atoms with Crippen LogP contribution in [0.5, 0.6) is 0 Å². The number of benzene rings is 3. The van der Waals surface area contributed by atoms with Crippen molar-refractivity contribution in [2.45, 2.75) is 25.7 Å². The Balaban J connectivity index is 1.87. The van der Waals surface area contributed by atoms with Crippen molar-refractivity contribution < 1.29 is 13.2 Å². The van der Waals surface area contributed by atoms with Crippen molar-refractivity contribution in [1.29, 1.82) is 0 Å². The van der Waals surface area contributed by atoms with Gasteiger partial charge in [-0.2, -0.15) is 5.10 Å². The van der Waals surface area contributed by atoms with Crippen molar-refractivity contribution in [3.05, 3.63) is 95.1 Å². The monoisotopic (exact) mass is 435 g/mol. The highest BCUT2D eigenvalue weighted by molar-refractivity contribution is 7.92. The molecule has 0 aliphatic carbocycles. The normalized spacial score (nSPS) is 11.5. The molecule has 0 radical (unpaired) electrons. The van der Waals surface area contributed by atoms with Gasteiger partial charge in [0.25, 0.3) is 15.9 Å². The van der Waals surface area contributed by atoms with Gasteiger partial charge in [0.05, 0.1) is 16.8 Å². The van der Waals surface area contributed by atoms with Gasteiger partial charge in [0.15, 0.2) is 0 Å². The highest BCUT2D eigenvalue weighted by Crippen LogP contribution is 2.27. The molecule has 0 spiro atoms. The summed E-state index contributed by atoms with van der Waals surface area (Å²) >= 11 is 0. The van der Waals surface area contributed by atoms with Crippen LogP contribution in [0.3, 0.4) is 0 Å². The Morgan fingerprint density at radius 3 is 2.32 bits per heavy atom. The summed E-state index contributed by atoms with van der Waals surface area (Å²) in [4.78, 5) is 12.7. The lowest BCUT2D eigenvalue weighted by Gasteiger charge is -2.25. The fraction of sp³-hybridized carbons (Fsp3) is 0.167. The molecule has 160 valence electrons. The number of aryl methyl sites for hydroxylation is 3. The van der Waals surface area contributed by atoms with E-state index < -0.39 is 22.5 Å². The number of nitrogens with one attached hydrogen (secondary N) is 1. The van der Waals surface area contributed by atoms with Crippen LogP contribution in [0.15, 0.2) is 82.8 Å². The Labute approximate surface area is 183 Å². The van der Waals surface area contributed by atoms with E-state index in [1.54, 1.807) is 24.3 Å². The Hall–Kier alpha value is -3.45. The topological polar surface area (TPSA) is 78.8 Å². The van der Waals surface area contributed by atoms with E-state index in [1.807, 2.05) is 57.2 Å². The summed E-state index contributed by atoms with van der Waals surface area (Å²) in [5.74, 6) is -0.539. The predicted octanol–water partition coefficient (Wildman–Crippen LogP) is 3.96. The Morgan fingerprint density at radius 1 is 0.935 bits per heavy atom. The fourth-order valence-corrected chi connectivity index (χ4v) is 4.71. The van der Waals surface area contributed by atoms with E-state index in [2.05, 4.69) is 10.5 Å². The van der Waals surface area contributed by atoms with Gasteiger partial charge in [0.2, 0.25) is 0 Å². The third kappa shape index (κ3) is 5.58. The number of anilines is 1. The second kappa shape index (κ2) is 9.57. The Morgan fingerprint density at radius 2 is 1.65 bits per heavy atom. The van der Waals surface area contributed by atoms with Crippen LogP contribution in [0.25, 0.3) is 0 Å². The number of carbonyl (C=O) groups excluding carboxylic acids is 1. The Kier molecular flexibility index (Phi) is 6.87. The van der Waals surface area contributed by atoms with Gasteiger partial charge in [0.1, 0.15) is 6.54 Å². The van der Waals surface area contributed by atoms with E-state index in [1.165, 1.54) is 18.3 Å². The highest BCUT2D eigenvalue weighted by atomic mass is 32.2. The first-order valence-electron chi connectivity index (χ1n) is 9.81. The molecule has 7 heteroatoms. The summed E-state index contributed by atoms with van der Waals surface area (Å²) in [5.41, 5.74) is 6.56. The number of hydrazone groups is 1. The molecule has 0 aromatic heterocycles. The van der Waals surface area contributed by atoms with Crippen LogP contribution in [0.1, 0.15) is 22.3 Å². The zero-order valence-corrected chi connectivity index (χ0v) is 18.6. The smallest absolute Gasteiger partial charge is 0.264 e. The lowest BCUT2D eigenvalue weighted by atomic mass is 10.1. The molecule has 0 atom stereocenters. The van der Waals surface area contributed by atoms with Gasteiger partial charge in [-0.1, -0.05) is 65.7 Å². The van der Waals surface area contributed by atoms with E-state index in [0.717, 1.165) is 26.6 Å². The average molecular weight is 436 g/mol. The fourth-order valence-electron chi connectivity index (χ4n) is 3.20. The lowest BCUT2D eigenvalue weighted by molar-refractivity contribution is -0.119. The number of nitrogens with zero attached hydrogens (tertiary/aromatic N) is 2. The van der Waals surface area contributed by atoms with Gasteiger partial charge >= 0.3 is 0 Å². The summed E-state index contributed by atoms with van der Waals surface area (Å²) in [7, 11) is -3.95. The van der Waals surface area contributed by atoms with Gasteiger partial charge in [-0.25, -0.2) is 13.8 Å². The average Bonchev–Trinajstić information content (AvgIpc) is 2.73. The van der Waals surface area contributed by atoms with Crippen molar-refractivity contribution in [3.8, 4) is 0 Å². The van der Waals surface area contributed by atoms with Crippen LogP contribution in [0.4, 0.5) is 5.69 Å². The van der Waals surface area contributed by atoms with E-state index in [-0.39, 0.29) is 4.90 Å². The molecule has 0 heterocycles. The molecule has 1 amide bonds. The molecule has 0 saturated carbocycles. The molecule has 0 aliphatic rings. The van der Waals surface area contributed by atoms with E-state index >= 15 is 0 Å². The van der Waals surface area contributed by atoms with Gasteiger partial charge in [-0.15, -0.1) is 0 Å². The molecular weight excluding hydrogens is 410 g/mol. The van der Waals surface area contributed by atoms with Crippen molar-refractivity contribution in [1.82, 2.24) is 5.43 Å². The number of hydrogen-bond acceptors (Lipinski definition) is 4. The van der Waals surface area contributed by atoms with Crippen LogP contribution in [-0.4, -0.2) is 27.1 Å². The molecule has 31 heavy (non-hydrogen) atoms. The third-order valence-electron chi connectivity index (χ3n) is 4.68. The predicted molar refractivity (Wildman–Crippen MR) is 124 cm³/mol. The molecule has 0 bridgehead atoms. The zero-order chi connectivity index (χ0) is 22.4. The summed E-state index contributed by atoms with van der Waals surface area (Å²) in [6.45, 7) is 5.32. The van der Waals surface area contributed by atoms with Gasteiger partial charge in [0, 0.05) is 0 Å². The first-order chi connectivity index (χ1) is 14.8. The molecular formula is C24H25N3O3S. The van der Waals surface area contributed by atoms with E-state index in [0.29, 0.717) is 5.69 Å². The standard InChI is InChI=1S/C24H25N3O3S/c1-18-8-7-9-21(15-18)16-25-26-24(28)17-27(23-13-12-19(2)14-20(23)3)31(29,30)22-10-5-4-6-11-22/h4-16H,17H2,1-3H3,(H,26,28)/b25-16+. The maximum absolute atomic E-state index is 13.3. The van der Waals surface area contributed by atoms with Crippen LogP contribution in [0, 0.1) is 20.8 Å². The van der Waals surface area contributed by atoms with E-state index in [9.17, 15) is 13.2 Å². The van der Waals surface area contributed by atoms with Crippen molar-refractivity contribution in [2.75, 3.05) is 10.8 Å². The molecule has 3 aromatic rings. The minimum atomic E-state index is -3.95. The number of hydrogen-bond donors (Lipinski definition) is 1. The minimum absolute atomic E-state index is 0.117. The largest absolute Gasteiger partial charge is 0.271 e. The number of amides is 1. The maximum Gasteiger partial charge on any atom is 0.264 e. The number of rotatable bonds is 7. The molecule has 0 saturated heterocycles. The molecule has 3 aromatic carbocycles. The highest BCUT2D eigenvalue weighted by Gasteiger charge is 2.28. The number of carbonyl (C=O) groups is 1. The lowest BCUT2D eigenvalue weighted by Crippen LogP contribution is -2.40. The molecule has 6 nitrogen and oxygen atoms in total. The maximum atomic E-state index is 13.3. The first-order valence-corrected chi connectivity index (χ1v) is 11.2. The Bertz CT molecular complexity index is 1210. The SMILES string of the molecule is Cc1cccc(/C=N/NC(=O)CN(c2ccc(C)cc2C)S(=O)(=O)c2ccccc2)c1. The first kappa shape index (κ1) is 22.2. The summed E-state index contributed by atoms with van der Waals surface area (Å²) in [6.07, 6.45) is 1.53. The molecule has 0 fully saturated rings. The van der Waals surface area contributed by atoms with Crippen molar-refractivity contribution >= 4 is 27.8 Å². The van der Waals surface area contributed by atoms with Crippen LogP contribution in [0.2, 0.25) is 0 Å². The van der Waals surface area contributed by atoms with Crippen molar-refractivity contribution in [3.63, 3.8) is 0 Å². The molecule has 0 unspecified atom stereocenters.